The Balaban J connectivity index is 1.44. The van der Waals surface area contributed by atoms with Crippen LogP contribution in [-0.4, -0.2) is 34.5 Å². The molecule has 1 aliphatic rings. The summed E-state index contributed by atoms with van der Waals surface area (Å²) in [6, 6.07) is 13.9. The van der Waals surface area contributed by atoms with E-state index in [1.165, 1.54) is 4.68 Å². The Morgan fingerprint density at radius 1 is 1.07 bits per heavy atom. The van der Waals surface area contributed by atoms with E-state index in [1.54, 1.807) is 49.0 Å². The van der Waals surface area contributed by atoms with Gasteiger partial charge in [-0.05, 0) is 37.3 Å². The highest BCUT2D eigenvalue weighted by Gasteiger charge is 2.19. The summed E-state index contributed by atoms with van der Waals surface area (Å²) >= 11 is 0. The molecule has 0 fully saturated rings. The minimum absolute atomic E-state index is 0.111. The molecule has 3 aromatic rings. The molecule has 1 aliphatic heterocycles. The molecule has 0 atom stereocenters. The van der Waals surface area contributed by atoms with Gasteiger partial charge < -0.3 is 20.1 Å². The smallest absolute Gasteiger partial charge is 0.295 e. The highest BCUT2D eigenvalue weighted by molar-refractivity contribution is 5.99. The van der Waals surface area contributed by atoms with Gasteiger partial charge in [-0.2, -0.15) is 0 Å². The number of rotatable bonds is 5. The minimum Gasteiger partial charge on any atom is -0.454 e. The first-order valence-corrected chi connectivity index (χ1v) is 9.27. The Morgan fingerprint density at radius 3 is 2.57 bits per heavy atom. The van der Waals surface area contributed by atoms with Gasteiger partial charge in [-0.25, -0.2) is 4.68 Å². The second-order valence-corrected chi connectivity index (χ2v) is 6.74. The second-order valence-electron chi connectivity index (χ2n) is 6.74. The summed E-state index contributed by atoms with van der Waals surface area (Å²) in [6.45, 7) is 1.56. The first-order valence-electron chi connectivity index (χ1n) is 9.27. The van der Waals surface area contributed by atoms with Crippen molar-refractivity contribution < 1.29 is 19.1 Å². The molecule has 2 heterocycles. The molecule has 1 aromatic heterocycles. The maximum Gasteiger partial charge on any atom is 0.295 e. The first-order chi connectivity index (χ1) is 14.5. The number of hydrogen-bond acceptors (Lipinski definition) is 5. The number of ether oxygens (including phenoxy) is 2. The highest BCUT2D eigenvalue weighted by Crippen LogP contribution is 2.32. The predicted octanol–water partition coefficient (Wildman–Crippen LogP) is 1.58. The molecule has 0 saturated carbocycles. The van der Waals surface area contributed by atoms with Gasteiger partial charge in [0.15, 0.2) is 11.5 Å². The van der Waals surface area contributed by atoms with Gasteiger partial charge in [-0.1, -0.05) is 18.2 Å². The van der Waals surface area contributed by atoms with Crippen molar-refractivity contribution in [2.45, 2.75) is 6.92 Å². The van der Waals surface area contributed by atoms with Crippen LogP contribution in [0.4, 0.5) is 5.69 Å². The van der Waals surface area contributed by atoms with E-state index in [0.29, 0.717) is 28.4 Å². The number of anilines is 1. The van der Waals surface area contributed by atoms with Crippen LogP contribution in [0.2, 0.25) is 0 Å². The molecule has 2 N–H and O–H groups in total. The Morgan fingerprint density at radius 2 is 1.80 bits per heavy atom. The zero-order valence-electron chi connectivity index (χ0n) is 16.5. The lowest BCUT2D eigenvalue weighted by Crippen LogP contribution is -2.34. The van der Waals surface area contributed by atoms with Crippen LogP contribution in [0, 0.1) is 6.92 Å². The van der Waals surface area contributed by atoms with Crippen molar-refractivity contribution >= 4 is 17.5 Å². The minimum atomic E-state index is -0.505. The van der Waals surface area contributed by atoms with Gasteiger partial charge in [-0.15, -0.1) is 0 Å². The zero-order chi connectivity index (χ0) is 21.3. The van der Waals surface area contributed by atoms with Gasteiger partial charge in [0.1, 0.15) is 5.69 Å². The molecular weight excluding hydrogens is 388 g/mol. The molecule has 9 nitrogen and oxygen atoms in total. The fourth-order valence-corrected chi connectivity index (χ4v) is 3.20. The fraction of sp³-hybridized carbons (Fsp3) is 0.190. The number of nitrogens with one attached hydrogen (secondary N) is 2. The third-order valence-electron chi connectivity index (χ3n) is 4.86. The highest BCUT2D eigenvalue weighted by atomic mass is 16.7. The van der Waals surface area contributed by atoms with Crippen molar-refractivity contribution in [3.8, 4) is 17.2 Å². The van der Waals surface area contributed by atoms with Crippen molar-refractivity contribution in [1.29, 1.82) is 0 Å². The van der Waals surface area contributed by atoms with E-state index in [2.05, 4.69) is 10.6 Å². The number of aromatic nitrogens is 2. The van der Waals surface area contributed by atoms with E-state index in [-0.39, 0.29) is 24.6 Å². The number of amides is 2. The van der Waals surface area contributed by atoms with Crippen LogP contribution in [0.5, 0.6) is 11.5 Å². The van der Waals surface area contributed by atoms with Crippen LogP contribution in [0.25, 0.3) is 5.69 Å². The molecular formula is C21H20N4O5. The van der Waals surface area contributed by atoms with Crippen LogP contribution >= 0.6 is 0 Å². The third kappa shape index (κ3) is 3.52. The Bertz CT molecular complexity index is 1180. The molecule has 0 aliphatic carbocycles. The summed E-state index contributed by atoms with van der Waals surface area (Å²) in [5.41, 5.74) is 1.44. The monoisotopic (exact) mass is 408 g/mol. The Hall–Kier alpha value is -4.01. The molecule has 0 saturated heterocycles. The molecule has 30 heavy (non-hydrogen) atoms. The summed E-state index contributed by atoms with van der Waals surface area (Å²) in [7, 11) is 1.74. The second kappa shape index (κ2) is 7.78. The molecule has 2 aromatic carbocycles. The molecule has 0 bridgehead atoms. The maximum absolute atomic E-state index is 12.8. The summed E-state index contributed by atoms with van der Waals surface area (Å²) in [6.07, 6.45) is 0. The van der Waals surface area contributed by atoms with Gasteiger partial charge in [0, 0.05) is 12.6 Å². The summed E-state index contributed by atoms with van der Waals surface area (Å²) in [5, 5.41) is 5.14. The van der Waals surface area contributed by atoms with Crippen LogP contribution < -0.4 is 25.7 Å². The lowest BCUT2D eigenvalue weighted by atomic mass is 10.2. The quantitative estimate of drug-likeness (QED) is 0.667. The molecule has 0 spiro atoms. The lowest BCUT2D eigenvalue weighted by molar-refractivity contribution is -0.115. The number of carbonyl (C=O) groups excluding carboxylic acids is 2. The summed E-state index contributed by atoms with van der Waals surface area (Å²) in [5.74, 6) is 0.108. The van der Waals surface area contributed by atoms with E-state index in [1.807, 2.05) is 18.2 Å². The normalized spacial score (nSPS) is 11.9. The van der Waals surface area contributed by atoms with Crippen molar-refractivity contribution in [2.24, 2.45) is 7.05 Å². The molecule has 2 amide bonds. The average Bonchev–Trinajstić information content (AvgIpc) is 3.31. The standard InChI is InChI=1S/C21H20N4O5/c1-13-19(21(28)25(24(13)2)15-6-4-3-5-7-15)23-18(26)11-22-20(27)14-8-9-16-17(10-14)30-12-29-16/h3-10H,11-12H2,1-2H3,(H,22,27)(H,23,26). The van der Waals surface area contributed by atoms with Crippen molar-refractivity contribution in [1.82, 2.24) is 14.7 Å². The number of fused-ring (bicyclic) bond motifs is 1. The van der Waals surface area contributed by atoms with Crippen LogP contribution in [0.3, 0.4) is 0 Å². The zero-order valence-corrected chi connectivity index (χ0v) is 16.5. The number of hydrogen-bond donors (Lipinski definition) is 2. The van der Waals surface area contributed by atoms with E-state index in [4.69, 9.17) is 9.47 Å². The lowest BCUT2D eigenvalue weighted by Gasteiger charge is -2.07. The Kier molecular flexibility index (Phi) is 5.01. The van der Waals surface area contributed by atoms with E-state index in [9.17, 15) is 14.4 Å². The topological polar surface area (TPSA) is 104 Å². The average molecular weight is 408 g/mol. The number of para-hydroxylation sites is 1. The SMILES string of the molecule is Cc1c(NC(=O)CNC(=O)c2ccc3c(c2)OCO3)c(=O)n(-c2ccccc2)n1C. The molecule has 4 rings (SSSR count). The van der Waals surface area contributed by atoms with E-state index < -0.39 is 11.8 Å². The number of benzene rings is 2. The van der Waals surface area contributed by atoms with Gasteiger partial charge in [0.25, 0.3) is 11.5 Å². The molecule has 0 unspecified atom stereocenters. The van der Waals surface area contributed by atoms with Crippen LogP contribution in [0.15, 0.2) is 53.3 Å². The van der Waals surface area contributed by atoms with Gasteiger partial charge >= 0.3 is 0 Å². The molecule has 154 valence electrons. The van der Waals surface area contributed by atoms with E-state index >= 15 is 0 Å². The van der Waals surface area contributed by atoms with Crippen LogP contribution in [0.1, 0.15) is 16.1 Å². The van der Waals surface area contributed by atoms with Crippen LogP contribution in [-0.2, 0) is 11.8 Å². The molecule has 0 radical (unpaired) electrons. The molecule has 9 heteroatoms. The van der Waals surface area contributed by atoms with Gasteiger partial charge in [0.2, 0.25) is 12.7 Å². The van der Waals surface area contributed by atoms with Crippen molar-refractivity contribution in [3.63, 3.8) is 0 Å². The van der Waals surface area contributed by atoms with Crippen molar-refractivity contribution in [2.75, 3.05) is 18.7 Å². The number of carbonyl (C=O) groups is 2. The predicted molar refractivity (Wildman–Crippen MR) is 109 cm³/mol. The number of nitrogens with zero attached hydrogens (tertiary/aromatic N) is 2. The summed E-state index contributed by atoms with van der Waals surface area (Å²) < 4.78 is 13.6. The fourth-order valence-electron chi connectivity index (χ4n) is 3.20. The summed E-state index contributed by atoms with van der Waals surface area (Å²) in [4.78, 5) is 37.5. The Labute approximate surface area is 171 Å². The first kappa shape index (κ1) is 19.3. The largest absolute Gasteiger partial charge is 0.454 e. The van der Waals surface area contributed by atoms with Crippen molar-refractivity contribution in [3.05, 3.63) is 70.1 Å². The third-order valence-corrected chi connectivity index (χ3v) is 4.86. The van der Waals surface area contributed by atoms with Gasteiger partial charge in [0.05, 0.1) is 17.9 Å². The van der Waals surface area contributed by atoms with E-state index in [0.717, 1.165) is 0 Å². The van der Waals surface area contributed by atoms with Gasteiger partial charge in [-0.3, -0.25) is 19.1 Å². The maximum atomic E-state index is 12.8.